The van der Waals surface area contributed by atoms with Crippen molar-refractivity contribution in [1.82, 2.24) is 10.3 Å². The van der Waals surface area contributed by atoms with Gasteiger partial charge in [-0.1, -0.05) is 33.1 Å². The second-order valence-electron chi connectivity index (χ2n) is 6.03. The average Bonchev–Trinajstić information content (AvgIpc) is 3.00. The minimum Gasteiger partial charge on any atom is -0.296 e. The first-order valence-electron chi connectivity index (χ1n) is 7.46. The van der Waals surface area contributed by atoms with Gasteiger partial charge in [-0.15, -0.1) is 0 Å². The van der Waals surface area contributed by atoms with Crippen LogP contribution in [-0.4, -0.2) is 29.6 Å². The van der Waals surface area contributed by atoms with E-state index in [2.05, 4.69) is 24.2 Å². The molecule has 1 saturated carbocycles. The van der Waals surface area contributed by atoms with Crippen LogP contribution in [-0.2, 0) is 0 Å². The van der Waals surface area contributed by atoms with E-state index >= 15 is 0 Å². The molecule has 3 heteroatoms. The van der Waals surface area contributed by atoms with Gasteiger partial charge in [-0.25, -0.2) is 0 Å². The fourth-order valence-electron chi connectivity index (χ4n) is 4.06. The average molecular weight is 239 g/mol. The van der Waals surface area contributed by atoms with Gasteiger partial charge in [0, 0.05) is 11.6 Å². The molecule has 3 nitrogen and oxygen atoms in total. The van der Waals surface area contributed by atoms with Crippen LogP contribution >= 0.6 is 0 Å². The molecule has 0 aromatic rings. The first-order chi connectivity index (χ1) is 8.24. The molecule has 0 amide bonds. The summed E-state index contributed by atoms with van der Waals surface area (Å²) >= 11 is 0. The highest BCUT2D eigenvalue weighted by Crippen LogP contribution is 2.42. The topological polar surface area (TPSA) is 41.3 Å². The van der Waals surface area contributed by atoms with Crippen molar-refractivity contribution in [3.63, 3.8) is 0 Å². The molecule has 0 spiro atoms. The van der Waals surface area contributed by atoms with Crippen LogP contribution < -0.4 is 11.3 Å². The predicted molar refractivity (Wildman–Crippen MR) is 72.6 cm³/mol. The number of likely N-dealkylation sites (tertiary alicyclic amines) is 1. The summed E-state index contributed by atoms with van der Waals surface area (Å²) in [7, 11) is 0. The lowest BCUT2D eigenvalue weighted by Gasteiger charge is -2.47. The van der Waals surface area contributed by atoms with Crippen LogP contribution in [0.2, 0.25) is 0 Å². The van der Waals surface area contributed by atoms with Gasteiger partial charge in [0.1, 0.15) is 0 Å². The Morgan fingerprint density at radius 3 is 2.24 bits per heavy atom. The van der Waals surface area contributed by atoms with E-state index in [0.717, 1.165) is 0 Å². The number of hydrogen-bond donors (Lipinski definition) is 2. The van der Waals surface area contributed by atoms with Gasteiger partial charge in [-0.2, -0.15) is 0 Å². The van der Waals surface area contributed by atoms with Crippen molar-refractivity contribution in [3.05, 3.63) is 0 Å². The summed E-state index contributed by atoms with van der Waals surface area (Å²) in [6.45, 7) is 7.20. The standard InChI is InChI=1S/C14H29N3/c1-3-12(2)13(16-15)14(8-4-5-9-14)17-10-6-7-11-17/h12-13,16H,3-11,15H2,1-2H3. The van der Waals surface area contributed by atoms with Crippen molar-refractivity contribution in [2.45, 2.75) is 70.4 Å². The lowest BCUT2D eigenvalue weighted by atomic mass is 9.79. The summed E-state index contributed by atoms with van der Waals surface area (Å²) in [4.78, 5) is 2.75. The van der Waals surface area contributed by atoms with Crippen LogP contribution in [0.1, 0.15) is 58.8 Å². The van der Waals surface area contributed by atoms with Gasteiger partial charge in [0.25, 0.3) is 0 Å². The molecule has 0 bridgehead atoms. The Morgan fingerprint density at radius 1 is 1.18 bits per heavy atom. The fraction of sp³-hybridized carbons (Fsp3) is 1.00. The maximum Gasteiger partial charge on any atom is 0.0420 e. The fourth-order valence-corrected chi connectivity index (χ4v) is 4.06. The zero-order chi connectivity index (χ0) is 12.3. The Balaban J connectivity index is 2.19. The maximum absolute atomic E-state index is 5.91. The molecule has 1 aliphatic carbocycles. The molecule has 1 aliphatic heterocycles. The number of hydrogen-bond acceptors (Lipinski definition) is 3. The molecule has 2 fully saturated rings. The van der Waals surface area contributed by atoms with Crippen molar-refractivity contribution in [3.8, 4) is 0 Å². The van der Waals surface area contributed by atoms with Crippen molar-refractivity contribution < 1.29 is 0 Å². The van der Waals surface area contributed by atoms with Gasteiger partial charge < -0.3 is 0 Å². The maximum atomic E-state index is 5.91. The molecule has 1 saturated heterocycles. The third-order valence-electron chi connectivity index (χ3n) is 5.18. The highest BCUT2D eigenvalue weighted by molar-refractivity contribution is 5.05. The van der Waals surface area contributed by atoms with E-state index in [4.69, 9.17) is 5.84 Å². The third kappa shape index (κ3) is 2.38. The monoisotopic (exact) mass is 239 g/mol. The minimum atomic E-state index is 0.362. The van der Waals surface area contributed by atoms with E-state index in [1.54, 1.807) is 0 Å². The molecule has 2 rings (SSSR count). The summed E-state index contributed by atoms with van der Waals surface area (Å²) in [5, 5.41) is 0. The summed E-state index contributed by atoms with van der Waals surface area (Å²) in [6.07, 6.45) is 9.40. The van der Waals surface area contributed by atoms with Crippen LogP contribution in [0.4, 0.5) is 0 Å². The van der Waals surface area contributed by atoms with Crippen molar-refractivity contribution in [1.29, 1.82) is 0 Å². The number of nitrogens with two attached hydrogens (primary N) is 1. The molecule has 0 aromatic carbocycles. The molecular weight excluding hydrogens is 210 g/mol. The lowest BCUT2D eigenvalue weighted by molar-refractivity contribution is 0.0529. The van der Waals surface area contributed by atoms with E-state index in [9.17, 15) is 0 Å². The second-order valence-corrected chi connectivity index (χ2v) is 6.03. The Labute approximate surface area is 106 Å². The van der Waals surface area contributed by atoms with E-state index < -0.39 is 0 Å². The minimum absolute atomic E-state index is 0.362. The van der Waals surface area contributed by atoms with Crippen LogP contribution in [0.15, 0.2) is 0 Å². The smallest absolute Gasteiger partial charge is 0.0420 e. The molecule has 17 heavy (non-hydrogen) atoms. The quantitative estimate of drug-likeness (QED) is 0.571. The van der Waals surface area contributed by atoms with Crippen LogP contribution in [0.25, 0.3) is 0 Å². The molecular formula is C14H29N3. The van der Waals surface area contributed by atoms with Crippen LogP contribution in [0.5, 0.6) is 0 Å². The van der Waals surface area contributed by atoms with Crippen molar-refractivity contribution in [2.75, 3.05) is 13.1 Å². The summed E-state index contributed by atoms with van der Waals surface area (Å²) in [5.41, 5.74) is 3.53. The third-order valence-corrected chi connectivity index (χ3v) is 5.18. The zero-order valence-corrected chi connectivity index (χ0v) is 11.5. The summed E-state index contributed by atoms with van der Waals surface area (Å²) in [5.74, 6) is 6.57. The first kappa shape index (κ1) is 13.3. The molecule has 0 aromatic heterocycles. The summed E-state index contributed by atoms with van der Waals surface area (Å²) in [6, 6.07) is 0.466. The largest absolute Gasteiger partial charge is 0.296 e. The van der Waals surface area contributed by atoms with Crippen molar-refractivity contribution >= 4 is 0 Å². The van der Waals surface area contributed by atoms with Gasteiger partial charge in [-0.05, 0) is 44.7 Å². The van der Waals surface area contributed by atoms with E-state index in [0.29, 0.717) is 17.5 Å². The van der Waals surface area contributed by atoms with Gasteiger partial charge in [0.15, 0.2) is 0 Å². The molecule has 3 N–H and O–H groups in total. The summed E-state index contributed by atoms with van der Waals surface area (Å²) < 4.78 is 0. The number of rotatable bonds is 5. The number of nitrogens with zero attached hydrogens (tertiary/aromatic N) is 1. The highest BCUT2D eigenvalue weighted by atomic mass is 15.3. The van der Waals surface area contributed by atoms with Crippen molar-refractivity contribution in [2.24, 2.45) is 11.8 Å². The Bertz CT molecular complexity index is 230. The van der Waals surface area contributed by atoms with E-state index in [1.807, 2.05) is 0 Å². The second kappa shape index (κ2) is 5.68. The number of hydrazine groups is 1. The van der Waals surface area contributed by atoms with Crippen LogP contribution in [0.3, 0.4) is 0 Å². The Hall–Kier alpha value is -0.120. The van der Waals surface area contributed by atoms with Gasteiger partial charge in [0.2, 0.25) is 0 Å². The van der Waals surface area contributed by atoms with E-state index in [1.165, 1.54) is 58.0 Å². The predicted octanol–water partition coefficient (Wildman–Crippen LogP) is 2.27. The normalized spacial score (nSPS) is 28.4. The van der Waals surface area contributed by atoms with Gasteiger partial charge in [-0.3, -0.25) is 16.2 Å². The van der Waals surface area contributed by atoms with Gasteiger partial charge in [0.05, 0.1) is 0 Å². The molecule has 100 valence electrons. The highest BCUT2D eigenvalue weighted by Gasteiger charge is 2.47. The Kier molecular flexibility index (Phi) is 4.45. The Morgan fingerprint density at radius 2 is 1.76 bits per heavy atom. The molecule has 0 radical (unpaired) electrons. The van der Waals surface area contributed by atoms with Crippen LogP contribution in [0, 0.1) is 5.92 Å². The van der Waals surface area contributed by atoms with E-state index in [-0.39, 0.29) is 0 Å². The molecule has 1 heterocycles. The van der Waals surface area contributed by atoms with Gasteiger partial charge >= 0.3 is 0 Å². The SMILES string of the molecule is CCC(C)C(NN)C1(N2CCCC2)CCCC1. The number of nitrogens with one attached hydrogen (secondary N) is 1. The first-order valence-corrected chi connectivity index (χ1v) is 7.46. The molecule has 2 aliphatic rings. The molecule has 2 atom stereocenters. The lowest BCUT2D eigenvalue weighted by Crippen LogP contribution is -2.63. The molecule has 2 unspecified atom stereocenters. The zero-order valence-electron chi connectivity index (χ0n) is 11.5.